The number of rotatable bonds is 5. The normalized spacial score (nSPS) is 13.2. The molecule has 20 heavy (non-hydrogen) atoms. The molecule has 1 aromatic heterocycles. The zero-order valence-electron chi connectivity index (χ0n) is 11.9. The van der Waals surface area contributed by atoms with Gasteiger partial charge in [-0.3, -0.25) is 4.72 Å². The molecule has 5 heteroatoms. The van der Waals surface area contributed by atoms with Crippen molar-refractivity contribution in [1.82, 2.24) is 0 Å². The molecule has 0 fully saturated rings. The monoisotopic (exact) mass is 309 g/mol. The molecule has 108 valence electrons. The maximum atomic E-state index is 12.2. The van der Waals surface area contributed by atoms with Crippen molar-refractivity contribution in [1.29, 1.82) is 0 Å². The molecule has 3 nitrogen and oxygen atoms in total. The molecule has 2 aromatic rings. The zero-order valence-corrected chi connectivity index (χ0v) is 13.5. The minimum absolute atomic E-state index is 0.348. The van der Waals surface area contributed by atoms with Gasteiger partial charge in [0.1, 0.15) is 4.21 Å². The van der Waals surface area contributed by atoms with E-state index in [9.17, 15) is 8.42 Å². The molecule has 0 amide bonds. The molecule has 2 rings (SSSR count). The number of benzene rings is 1. The van der Waals surface area contributed by atoms with Crippen molar-refractivity contribution in [2.45, 2.75) is 37.3 Å². The standard InChI is InChI=1S/C15H19NO2S2/c1-4-11(2)13-6-8-14(9-7-13)16-20(17,18)15-10-5-12(3)19-15/h5-11,16H,4H2,1-3H3. The van der Waals surface area contributed by atoms with Crippen molar-refractivity contribution in [3.8, 4) is 0 Å². The summed E-state index contributed by atoms with van der Waals surface area (Å²) in [5, 5.41) is 0. The van der Waals surface area contributed by atoms with Gasteiger partial charge in [-0.15, -0.1) is 11.3 Å². The van der Waals surface area contributed by atoms with Crippen molar-refractivity contribution in [3.05, 3.63) is 46.8 Å². The van der Waals surface area contributed by atoms with Crippen molar-refractivity contribution in [2.24, 2.45) is 0 Å². The van der Waals surface area contributed by atoms with Gasteiger partial charge in [0.2, 0.25) is 0 Å². The fraction of sp³-hybridized carbons (Fsp3) is 0.333. The average molecular weight is 309 g/mol. The predicted molar refractivity (Wildman–Crippen MR) is 85.0 cm³/mol. The Balaban J connectivity index is 2.18. The number of thiophene rings is 1. The summed E-state index contributed by atoms with van der Waals surface area (Å²) in [6.07, 6.45) is 1.07. The van der Waals surface area contributed by atoms with E-state index >= 15 is 0 Å². The van der Waals surface area contributed by atoms with E-state index in [0.717, 1.165) is 11.3 Å². The highest BCUT2D eigenvalue weighted by atomic mass is 32.2. The second-order valence-electron chi connectivity index (χ2n) is 4.90. The minimum atomic E-state index is -3.46. The van der Waals surface area contributed by atoms with Crippen molar-refractivity contribution >= 4 is 27.0 Å². The topological polar surface area (TPSA) is 46.2 Å². The number of hydrogen-bond donors (Lipinski definition) is 1. The Kier molecular flexibility index (Phi) is 4.50. The third-order valence-corrected chi connectivity index (χ3v) is 6.20. The lowest BCUT2D eigenvalue weighted by Crippen LogP contribution is -2.11. The van der Waals surface area contributed by atoms with Crippen LogP contribution in [0.4, 0.5) is 5.69 Å². The number of hydrogen-bond acceptors (Lipinski definition) is 3. The van der Waals surface area contributed by atoms with Crippen LogP contribution in [-0.4, -0.2) is 8.42 Å². The molecule has 0 radical (unpaired) electrons. The molecule has 0 aliphatic rings. The smallest absolute Gasteiger partial charge is 0.271 e. The number of anilines is 1. The highest BCUT2D eigenvalue weighted by Gasteiger charge is 2.16. The van der Waals surface area contributed by atoms with E-state index in [-0.39, 0.29) is 0 Å². The lowest BCUT2D eigenvalue weighted by Gasteiger charge is -2.11. The van der Waals surface area contributed by atoms with Crippen LogP contribution < -0.4 is 4.72 Å². The first-order chi connectivity index (χ1) is 9.42. The maximum Gasteiger partial charge on any atom is 0.271 e. The van der Waals surface area contributed by atoms with Crippen LogP contribution in [0, 0.1) is 6.92 Å². The largest absolute Gasteiger partial charge is 0.279 e. The summed E-state index contributed by atoms with van der Waals surface area (Å²) >= 11 is 1.28. The summed E-state index contributed by atoms with van der Waals surface area (Å²) in [6.45, 7) is 6.19. The van der Waals surface area contributed by atoms with Crippen LogP contribution in [0.15, 0.2) is 40.6 Å². The van der Waals surface area contributed by atoms with E-state index in [1.165, 1.54) is 16.9 Å². The van der Waals surface area contributed by atoms with E-state index < -0.39 is 10.0 Å². The van der Waals surface area contributed by atoms with Crippen molar-refractivity contribution in [3.63, 3.8) is 0 Å². The molecule has 0 bridgehead atoms. The molecule has 0 saturated carbocycles. The Morgan fingerprint density at radius 2 is 1.80 bits per heavy atom. The van der Waals surface area contributed by atoms with Gasteiger partial charge in [0.25, 0.3) is 10.0 Å². The molecule has 1 atom stereocenters. The van der Waals surface area contributed by atoms with Crippen LogP contribution in [0.1, 0.15) is 36.6 Å². The summed E-state index contributed by atoms with van der Waals surface area (Å²) in [4.78, 5) is 0.984. The molecular weight excluding hydrogens is 290 g/mol. The number of sulfonamides is 1. The molecule has 1 N–H and O–H groups in total. The van der Waals surface area contributed by atoms with Gasteiger partial charge in [0.05, 0.1) is 0 Å². The lowest BCUT2D eigenvalue weighted by molar-refractivity contribution is 0.603. The highest BCUT2D eigenvalue weighted by molar-refractivity contribution is 7.94. The minimum Gasteiger partial charge on any atom is -0.279 e. The Morgan fingerprint density at radius 1 is 1.15 bits per heavy atom. The molecule has 0 aliphatic heterocycles. The first-order valence-electron chi connectivity index (χ1n) is 6.61. The van der Waals surface area contributed by atoms with E-state index in [2.05, 4.69) is 18.6 Å². The van der Waals surface area contributed by atoms with E-state index in [1.807, 2.05) is 37.3 Å². The Hall–Kier alpha value is -1.33. The Labute approximate surface area is 124 Å². The van der Waals surface area contributed by atoms with Gasteiger partial charge >= 0.3 is 0 Å². The van der Waals surface area contributed by atoms with Gasteiger partial charge in [-0.1, -0.05) is 26.0 Å². The first-order valence-corrected chi connectivity index (χ1v) is 8.91. The first kappa shape index (κ1) is 15.1. The van der Waals surface area contributed by atoms with Gasteiger partial charge < -0.3 is 0 Å². The van der Waals surface area contributed by atoms with Crippen LogP contribution in [0.25, 0.3) is 0 Å². The highest BCUT2D eigenvalue weighted by Crippen LogP contribution is 2.25. The Bertz CT molecular complexity index is 672. The zero-order chi connectivity index (χ0) is 14.8. The van der Waals surface area contributed by atoms with Crippen LogP contribution in [0.2, 0.25) is 0 Å². The van der Waals surface area contributed by atoms with Gasteiger partial charge in [-0.2, -0.15) is 0 Å². The second kappa shape index (κ2) is 5.97. The third kappa shape index (κ3) is 3.41. The summed E-state index contributed by atoms with van der Waals surface area (Å²) in [5.41, 5.74) is 1.82. The predicted octanol–water partition coefficient (Wildman–Crippen LogP) is 4.37. The van der Waals surface area contributed by atoms with Crippen LogP contribution in [0.3, 0.4) is 0 Å². The Morgan fingerprint density at radius 3 is 2.30 bits per heavy atom. The van der Waals surface area contributed by atoms with E-state index in [4.69, 9.17) is 0 Å². The molecule has 0 spiro atoms. The maximum absolute atomic E-state index is 12.2. The van der Waals surface area contributed by atoms with E-state index in [0.29, 0.717) is 15.8 Å². The van der Waals surface area contributed by atoms with Gasteiger partial charge in [-0.25, -0.2) is 8.42 Å². The van der Waals surface area contributed by atoms with Gasteiger partial charge in [-0.05, 0) is 49.1 Å². The van der Waals surface area contributed by atoms with Gasteiger partial charge in [0, 0.05) is 10.6 Å². The van der Waals surface area contributed by atoms with Gasteiger partial charge in [0.15, 0.2) is 0 Å². The molecule has 0 saturated heterocycles. The lowest BCUT2D eigenvalue weighted by atomic mass is 9.99. The average Bonchev–Trinajstić information content (AvgIpc) is 2.86. The van der Waals surface area contributed by atoms with Crippen molar-refractivity contribution < 1.29 is 8.42 Å². The molecule has 1 heterocycles. The second-order valence-corrected chi connectivity index (χ2v) is 8.10. The molecule has 0 aliphatic carbocycles. The molecule has 1 unspecified atom stereocenters. The number of aryl methyl sites for hydroxylation is 1. The van der Waals surface area contributed by atoms with E-state index in [1.54, 1.807) is 6.07 Å². The van der Waals surface area contributed by atoms with Crippen LogP contribution >= 0.6 is 11.3 Å². The molecule has 1 aromatic carbocycles. The summed E-state index contributed by atoms with van der Waals surface area (Å²) in [7, 11) is -3.46. The fourth-order valence-corrected chi connectivity index (χ4v) is 4.22. The molecular formula is C15H19NO2S2. The summed E-state index contributed by atoms with van der Waals surface area (Å²) in [5.74, 6) is 0.487. The quantitative estimate of drug-likeness (QED) is 0.891. The van der Waals surface area contributed by atoms with Crippen LogP contribution in [-0.2, 0) is 10.0 Å². The summed E-state index contributed by atoms with van der Waals surface area (Å²) < 4.78 is 27.3. The SMILES string of the molecule is CCC(C)c1ccc(NS(=O)(=O)c2ccc(C)s2)cc1. The fourth-order valence-electron chi connectivity index (χ4n) is 1.88. The summed E-state index contributed by atoms with van der Waals surface area (Å²) in [6, 6.07) is 11.0. The third-order valence-electron chi connectivity index (χ3n) is 3.32. The van der Waals surface area contributed by atoms with Crippen LogP contribution in [0.5, 0.6) is 0 Å². The van der Waals surface area contributed by atoms with Crippen molar-refractivity contribution in [2.75, 3.05) is 4.72 Å². The number of nitrogens with one attached hydrogen (secondary N) is 1.